The lowest BCUT2D eigenvalue weighted by atomic mass is 9.68. The third-order valence-electron chi connectivity index (χ3n) is 3.43. The number of amides is 1. The first-order valence-corrected chi connectivity index (χ1v) is 5.59. The molecule has 16 heavy (non-hydrogen) atoms. The first-order chi connectivity index (χ1) is 7.57. The standard InChI is InChI=1S/C11H18N4O/c1-8-6-9(15(2)14-8)13-10(16)11(7-12)4-3-5-11/h6H,3-5,7,12H2,1-2H3,(H,13,16). The zero-order valence-electron chi connectivity index (χ0n) is 9.79. The summed E-state index contributed by atoms with van der Waals surface area (Å²) in [5, 5.41) is 7.09. The van der Waals surface area contributed by atoms with Gasteiger partial charge in [0.1, 0.15) is 5.82 Å². The minimum Gasteiger partial charge on any atom is -0.329 e. The van der Waals surface area contributed by atoms with Crippen LogP contribution in [-0.2, 0) is 11.8 Å². The predicted octanol–water partition coefficient (Wildman–Crippen LogP) is 0.796. The van der Waals surface area contributed by atoms with Crippen LogP contribution in [0.25, 0.3) is 0 Å². The average Bonchev–Trinajstić information content (AvgIpc) is 2.44. The van der Waals surface area contributed by atoms with Gasteiger partial charge >= 0.3 is 0 Å². The Morgan fingerprint density at radius 3 is 2.75 bits per heavy atom. The maximum absolute atomic E-state index is 12.1. The highest BCUT2D eigenvalue weighted by Gasteiger charge is 2.43. The molecule has 88 valence electrons. The van der Waals surface area contributed by atoms with Crippen molar-refractivity contribution in [2.45, 2.75) is 26.2 Å². The van der Waals surface area contributed by atoms with Crippen LogP contribution in [0.2, 0.25) is 0 Å². The number of aromatic nitrogens is 2. The predicted molar refractivity (Wildman–Crippen MR) is 61.9 cm³/mol. The largest absolute Gasteiger partial charge is 0.329 e. The van der Waals surface area contributed by atoms with E-state index in [4.69, 9.17) is 5.73 Å². The number of nitrogens with one attached hydrogen (secondary N) is 1. The summed E-state index contributed by atoms with van der Waals surface area (Å²) in [5.74, 6) is 0.770. The molecule has 1 aliphatic carbocycles. The van der Waals surface area contributed by atoms with E-state index in [-0.39, 0.29) is 11.3 Å². The number of nitrogens with two attached hydrogens (primary N) is 1. The number of nitrogens with zero attached hydrogens (tertiary/aromatic N) is 2. The number of carbonyl (C=O) groups is 1. The minimum atomic E-state index is -0.335. The Morgan fingerprint density at radius 1 is 1.69 bits per heavy atom. The maximum Gasteiger partial charge on any atom is 0.233 e. The molecule has 2 rings (SSSR count). The van der Waals surface area contributed by atoms with Crippen molar-refractivity contribution in [2.75, 3.05) is 11.9 Å². The molecule has 3 N–H and O–H groups in total. The van der Waals surface area contributed by atoms with Crippen molar-refractivity contribution in [1.29, 1.82) is 0 Å². The number of hydrogen-bond donors (Lipinski definition) is 2. The molecule has 0 radical (unpaired) electrons. The van der Waals surface area contributed by atoms with E-state index in [9.17, 15) is 4.79 Å². The van der Waals surface area contributed by atoms with Crippen molar-refractivity contribution in [3.63, 3.8) is 0 Å². The van der Waals surface area contributed by atoms with Crippen LogP contribution in [0.3, 0.4) is 0 Å². The molecule has 1 aromatic heterocycles. The fourth-order valence-corrected chi connectivity index (χ4v) is 2.10. The van der Waals surface area contributed by atoms with Crippen molar-refractivity contribution in [1.82, 2.24) is 9.78 Å². The molecular weight excluding hydrogens is 204 g/mol. The molecule has 0 saturated heterocycles. The summed E-state index contributed by atoms with van der Waals surface area (Å²) in [6.45, 7) is 2.33. The van der Waals surface area contributed by atoms with E-state index >= 15 is 0 Å². The molecular formula is C11H18N4O. The summed E-state index contributed by atoms with van der Waals surface area (Å²) in [6.07, 6.45) is 2.88. The zero-order valence-corrected chi connectivity index (χ0v) is 9.79. The van der Waals surface area contributed by atoms with Crippen LogP contribution in [0, 0.1) is 12.3 Å². The lowest BCUT2D eigenvalue weighted by Crippen LogP contribution is -2.47. The van der Waals surface area contributed by atoms with Crippen LogP contribution in [0.4, 0.5) is 5.82 Å². The molecule has 1 fully saturated rings. The Kier molecular flexibility index (Phi) is 2.71. The highest BCUT2D eigenvalue weighted by atomic mass is 16.2. The first kappa shape index (κ1) is 11.1. The van der Waals surface area contributed by atoms with Gasteiger partial charge in [0.15, 0.2) is 0 Å². The van der Waals surface area contributed by atoms with Gasteiger partial charge in [0.05, 0.1) is 11.1 Å². The van der Waals surface area contributed by atoms with Crippen molar-refractivity contribution >= 4 is 11.7 Å². The summed E-state index contributed by atoms with van der Waals surface area (Å²) < 4.78 is 1.68. The Hall–Kier alpha value is -1.36. The van der Waals surface area contributed by atoms with Gasteiger partial charge in [-0.3, -0.25) is 9.48 Å². The first-order valence-electron chi connectivity index (χ1n) is 5.59. The average molecular weight is 222 g/mol. The molecule has 1 amide bonds. The van der Waals surface area contributed by atoms with E-state index in [0.29, 0.717) is 6.54 Å². The van der Waals surface area contributed by atoms with Gasteiger partial charge in [0, 0.05) is 19.7 Å². The monoisotopic (exact) mass is 222 g/mol. The van der Waals surface area contributed by atoms with Crippen LogP contribution >= 0.6 is 0 Å². The number of aryl methyl sites for hydroxylation is 2. The molecule has 5 heteroatoms. The second kappa shape index (κ2) is 3.90. The summed E-state index contributed by atoms with van der Waals surface area (Å²) in [6, 6.07) is 1.86. The van der Waals surface area contributed by atoms with Gasteiger partial charge in [-0.15, -0.1) is 0 Å². The number of anilines is 1. The van der Waals surface area contributed by atoms with Crippen LogP contribution in [0.1, 0.15) is 25.0 Å². The van der Waals surface area contributed by atoms with Gasteiger partial charge in [0.25, 0.3) is 0 Å². The third-order valence-corrected chi connectivity index (χ3v) is 3.43. The van der Waals surface area contributed by atoms with E-state index in [0.717, 1.165) is 30.8 Å². The number of carbonyl (C=O) groups excluding carboxylic acids is 1. The smallest absolute Gasteiger partial charge is 0.233 e. The minimum absolute atomic E-state index is 0.0317. The van der Waals surface area contributed by atoms with E-state index in [1.807, 2.05) is 20.0 Å². The summed E-state index contributed by atoms with van der Waals surface area (Å²) in [5.41, 5.74) is 6.24. The third kappa shape index (κ3) is 1.71. The molecule has 1 heterocycles. The van der Waals surface area contributed by atoms with Crippen molar-refractivity contribution in [3.05, 3.63) is 11.8 Å². The topological polar surface area (TPSA) is 72.9 Å². The van der Waals surface area contributed by atoms with Gasteiger partial charge < -0.3 is 11.1 Å². The van der Waals surface area contributed by atoms with Gasteiger partial charge in [-0.2, -0.15) is 5.10 Å². The molecule has 1 aromatic rings. The van der Waals surface area contributed by atoms with Gasteiger partial charge in [-0.05, 0) is 19.8 Å². The lowest BCUT2D eigenvalue weighted by molar-refractivity contribution is -0.129. The SMILES string of the molecule is Cc1cc(NC(=O)C2(CN)CCC2)n(C)n1. The van der Waals surface area contributed by atoms with Crippen molar-refractivity contribution < 1.29 is 4.79 Å². The Balaban J connectivity index is 2.10. The number of hydrogen-bond acceptors (Lipinski definition) is 3. The lowest BCUT2D eigenvalue weighted by Gasteiger charge is -2.38. The Labute approximate surface area is 95.0 Å². The fourth-order valence-electron chi connectivity index (χ4n) is 2.10. The fraction of sp³-hybridized carbons (Fsp3) is 0.636. The zero-order chi connectivity index (χ0) is 11.8. The summed E-state index contributed by atoms with van der Waals surface area (Å²) in [4.78, 5) is 12.1. The highest BCUT2D eigenvalue weighted by Crippen LogP contribution is 2.40. The van der Waals surface area contributed by atoms with Crippen molar-refractivity contribution in [2.24, 2.45) is 18.2 Å². The van der Waals surface area contributed by atoms with Crippen molar-refractivity contribution in [3.8, 4) is 0 Å². The van der Waals surface area contributed by atoms with Crippen LogP contribution in [-0.4, -0.2) is 22.2 Å². The van der Waals surface area contributed by atoms with Crippen LogP contribution in [0.15, 0.2) is 6.07 Å². The van der Waals surface area contributed by atoms with E-state index in [2.05, 4.69) is 10.4 Å². The molecule has 0 bridgehead atoms. The molecule has 5 nitrogen and oxygen atoms in total. The Morgan fingerprint density at radius 2 is 2.38 bits per heavy atom. The van der Waals surface area contributed by atoms with E-state index < -0.39 is 0 Å². The van der Waals surface area contributed by atoms with Gasteiger partial charge in [-0.1, -0.05) is 6.42 Å². The molecule has 0 atom stereocenters. The van der Waals surface area contributed by atoms with Gasteiger partial charge in [-0.25, -0.2) is 0 Å². The van der Waals surface area contributed by atoms with E-state index in [1.165, 1.54) is 0 Å². The van der Waals surface area contributed by atoms with E-state index in [1.54, 1.807) is 4.68 Å². The van der Waals surface area contributed by atoms with Crippen LogP contribution in [0.5, 0.6) is 0 Å². The molecule has 0 unspecified atom stereocenters. The normalized spacial score (nSPS) is 17.9. The second-order valence-electron chi connectivity index (χ2n) is 4.59. The molecule has 0 aromatic carbocycles. The van der Waals surface area contributed by atoms with Crippen LogP contribution < -0.4 is 11.1 Å². The second-order valence-corrected chi connectivity index (χ2v) is 4.59. The number of rotatable bonds is 3. The molecule has 1 saturated carbocycles. The quantitative estimate of drug-likeness (QED) is 0.794. The Bertz CT molecular complexity index is 401. The molecule has 0 spiro atoms. The summed E-state index contributed by atoms with van der Waals surface area (Å²) in [7, 11) is 1.82. The maximum atomic E-state index is 12.1. The molecule has 0 aliphatic heterocycles. The highest BCUT2D eigenvalue weighted by molar-refractivity contribution is 5.95. The molecule has 1 aliphatic rings. The summed E-state index contributed by atoms with van der Waals surface area (Å²) >= 11 is 0. The van der Waals surface area contributed by atoms with Gasteiger partial charge in [0.2, 0.25) is 5.91 Å².